The average Bonchev–Trinajstić information content (AvgIpc) is 2.84. The van der Waals surface area contributed by atoms with Gasteiger partial charge in [0.2, 0.25) is 5.91 Å². The smallest absolute Gasteiger partial charge is 0.318 e. The molecule has 3 rings (SSSR count). The molecule has 0 aliphatic carbocycles. The zero-order valence-corrected chi connectivity index (χ0v) is 12.5. The van der Waals surface area contributed by atoms with Gasteiger partial charge in [0, 0.05) is 17.1 Å². The Morgan fingerprint density at radius 3 is 2.86 bits per heavy atom. The van der Waals surface area contributed by atoms with Crippen LogP contribution < -0.4 is 5.32 Å². The zero-order valence-electron chi connectivity index (χ0n) is 12.5. The molecule has 5 nitrogen and oxygen atoms in total. The summed E-state index contributed by atoms with van der Waals surface area (Å²) in [6, 6.07) is 5.65. The van der Waals surface area contributed by atoms with Gasteiger partial charge in [-0.15, -0.1) is 0 Å². The van der Waals surface area contributed by atoms with Crippen molar-refractivity contribution in [1.82, 2.24) is 4.98 Å². The first kappa shape index (κ1) is 15.1. The molecule has 2 aromatic rings. The van der Waals surface area contributed by atoms with Crippen molar-refractivity contribution in [3.63, 3.8) is 0 Å². The van der Waals surface area contributed by atoms with Crippen LogP contribution in [-0.2, 0) is 20.7 Å². The lowest BCUT2D eigenvalue weighted by atomic mass is 10.00. The van der Waals surface area contributed by atoms with E-state index in [0.717, 1.165) is 22.2 Å². The monoisotopic (exact) mass is 288 g/mol. The van der Waals surface area contributed by atoms with Crippen LogP contribution in [0.15, 0.2) is 24.4 Å². The number of aromatic nitrogens is 1. The molecule has 1 aromatic heterocycles. The van der Waals surface area contributed by atoms with Gasteiger partial charge in [-0.05, 0) is 31.0 Å². The molecular formula is C16H20N2O3. The second-order valence-corrected chi connectivity index (χ2v) is 4.54. The van der Waals surface area contributed by atoms with E-state index in [2.05, 4.69) is 10.3 Å². The van der Waals surface area contributed by atoms with Crippen LogP contribution in [0.5, 0.6) is 0 Å². The molecule has 1 atom stereocenters. The van der Waals surface area contributed by atoms with E-state index in [1.165, 1.54) is 0 Å². The third-order valence-electron chi connectivity index (χ3n) is 3.36. The van der Waals surface area contributed by atoms with Crippen molar-refractivity contribution < 1.29 is 14.3 Å². The van der Waals surface area contributed by atoms with Crippen molar-refractivity contribution in [3.8, 4) is 0 Å². The standard InChI is InChI=1S/C14H14N2O3.C2H6/c1-2-19-14(18)9-6-8-7-15-10-4-3-5-11(12(8)10)16-13(9)17;1-2/h3-5,7,9,15H,2,6H2,1H3,(H,16,17);1-2H3. The average molecular weight is 288 g/mol. The lowest BCUT2D eigenvalue weighted by Crippen LogP contribution is -2.31. The molecule has 1 amide bonds. The summed E-state index contributed by atoms with van der Waals surface area (Å²) in [6.45, 7) is 6.01. The number of carbonyl (C=O) groups excluding carboxylic acids is 2. The lowest BCUT2D eigenvalue weighted by molar-refractivity contribution is -0.150. The minimum Gasteiger partial charge on any atom is -0.465 e. The molecular weight excluding hydrogens is 268 g/mol. The number of H-pyrrole nitrogens is 1. The fraction of sp³-hybridized carbons (Fsp3) is 0.375. The molecule has 1 unspecified atom stereocenters. The Balaban J connectivity index is 0.000000774. The summed E-state index contributed by atoms with van der Waals surface area (Å²) in [6.07, 6.45) is 2.21. The molecule has 0 spiro atoms. The molecule has 21 heavy (non-hydrogen) atoms. The fourth-order valence-corrected chi connectivity index (χ4v) is 2.49. The van der Waals surface area contributed by atoms with Gasteiger partial charge in [-0.3, -0.25) is 9.59 Å². The van der Waals surface area contributed by atoms with E-state index in [1.807, 2.05) is 38.2 Å². The highest BCUT2D eigenvalue weighted by Gasteiger charge is 2.32. The van der Waals surface area contributed by atoms with Crippen LogP contribution in [0, 0.1) is 5.92 Å². The van der Waals surface area contributed by atoms with Crippen LogP contribution in [0.1, 0.15) is 26.3 Å². The van der Waals surface area contributed by atoms with Crippen molar-refractivity contribution >= 4 is 28.5 Å². The third-order valence-corrected chi connectivity index (χ3v) is 3.36. The number of nitrogens with one attached hydrogen (secondary N) is 2. The van der Waals surface area contributed by atoms with Gasteiger partial charge in [0.05, 0.1) is 12.3 Å². The Labute approximate surface area is 123 Å². The van der Waals surface area contributed by atoms with Crippen LogP contribution in [0.3, 0.4) is 0 Å². The molecule has 2 N–H and O–H groups in total. The molecule has 0 bridgehead atoms. The number of ether oxygens (including phenoxy) is 1. The SMILES string of the molecule is CC.CCOC(=O)C1Cc2c[nH]c3cccc(c23)NC1=O. The Hall–Kier alpha value is -2.30. The maximum atomic E-state index is 12.1. The first-order valence-electron chi connectivity index (χ1n) is 7.27. The van der Waals surface area contributed by atoms with Crippen molar-refractivity contribution in [2.75, 3.05) is 11.9 Å². The number of benzene rings is 1. The Bertz CT molecular complexity index is 661. The number of esters is 1. The summed E-state index contributed by atoms with van der Waals surface area (Å²) in [4.78, 5) is 27.1. The van der Waals surface area contributed by atoms with Gasteiger partial charge in [0.25, 0.3) is 0 Å². The first-order valence-corrected chi connectivity index (χ1v) is 7.27. The topological polar surface area (TPSA) is 71.2 Å². The second-order valence-electron chi connectivity index (χ2n) is 4.54. The van der Waals surface area contributed by atoms with E-state index in [4.69, 9.17) is 4.74 Å². The number of aromatic amines is 1. The maximum absolute atomic E-state index is 12.1. The van der Waals surface area contributed by atoms with Gasteiger partial charge >= 0.3 is 5.97 Å². The molecule has 1 aliphatic rings. The number of anilines is 1. The molecule has 5 heteroatoms. The van der Waals surface area contributed by atoms with Gasteiger partial charge in [0.1, 0.15) is 5.92 Å². The lowest BCUT2D eigenvalue weighted by Gasteiger charge is -2.12. The molecule has 112 valence electrons. The molecule has 0 radical (unpaired) electrons. The van der Waals surface area contributed by atoms with E-state index in [0.29, 0.717) is 6.42 Å². The molecule has 1 aliphatic heterocycles. The summed E-state index contributed by atoms with van der Waals surface area (Å²) in [7, 11) is 0. The maximum Gasteiger partial charge on any atom is 0.318 e. The highest BCUT2D eigenvalue weighted by molar-refractivity contribution is 6.11. The Morgan fingerprint density at radius 1 is 1.38 bits per heavy atom. The quantitative estimate of drug-likeness (QED) is 0.659. The predicted octanol–water partition coefficient (Wildman–Crippen LogP) is 2.87. The van der Waals surface area contributed by atoms with E-state index >= 15 is 0 Å². The van der Waals surface area contributed by atoms with Crippen LogP contribution in [-0.4, -0.2) is 23.5 Å². The third kappa shape index (κ3) is 2.77. The molecule has 1 aromatic carbocycles. The molecule has 2 heterocycles. The predicted molar refractivity (Wildman–Crippen MR) is 82.1 cm³/mol. The van der Waals surface area contributed by atoms with Gasteiger partial charge < -0.3 is 15.0 Å². The summed E-state index contributed by atoms with van der Waals surface area (Å²) in [5.74, 6) is -1.56. The largest absolute Gasteiger partial charge is 0.465 e. The Morgan fingerprint density at radius 2 is 2.14 bits per heavy atom. The van der Waals surface area contributed by atoms with Crippen LogP contribution in [0.4, 0.5) is 5.69 Å². The van der Waals surface area contributed by atoms with Crippen molar-refractivity contribution in [2.24, 2.45) is 5.92 Å². The van der Waals surface area contributed by atoms with E-state index in [9.17, 15) is 9.59 Å². The van der Waals surface area contributed by atoms with Crippen LogP contribution in [0.2, 0.25) is 0 Å². The van der Waals surface area contributed by atoms with Gasteiger partial charge in [-0.25, -0.2) is 0 Å². The van der Waals surface area contributed by atoms with Crippen molar-refractivity contribution in [2.45, 2.75) is 27.2 Å². The number of hydrogen-bond acceptors (Lipinski definition) is 3. The highest BCUT2D eigenvalue weighted by atomic mass is 16.5. The number of amides is 1. The number of carbonyl (C=O) groups is 2. The molecule has 0 saturated carbocycles. The number of hydrogen-bond donors (Lipinski definition) is 2. The number of rotatable bonds is 2. The van der Waals surface area contributed by atoms with E-state index in [1.54, 1.807) is 6.92 Å². The van der Waals surface area contributed by atoms with Gasteiger partial charge in [-0.2, -0.15) is 0 Å². The second kappa shape index (κ2) is 6.43. The molecule has 0 saturated heterocycles. The highest BCUT2D eigenvalue weighted by Crippen LogP contribution is 2.32. The first-order chi connectivity index (χ1) is 10.2. The summed E-state index contributed by atoms with van der Waals surface area (Å²) < 4.78 is 4.97. The van der Waals surface area contributed by atoms with Gasteiger partial charge in [0.15, 0.2) is 0 Å². The normalized spacial score (nSPS) is 16.5. The molecule has 0 fully saturated rings. The van der Waals surface area contributed by atoms with E-state index < -0.39 is 11.9 Å². The summed E-state index contributed by atoms with van der Waals surface area (Å²) >= 11 is 0. The van der Waals surface area contributed by atoms with Gasteiger partial charge in [-0.1, -0.05) is 19.9 Å². The van der Waals surface area contributed by atoms with Crippen molar-refractivity contribution in [1.29, 1.82) is 0 Å². The van der Waals surface area contributed by atoms with E-state index in [-0.39, 0.29) is 12.5 Å². The fourth-order valence-electron chi connectivity index (χ4n) is 2.49. The van der Waals surface area contributed by atoms with Crippen LogP contribution >= 0.6 is 0 Å². The summed E-state index contributed by atoms with van der Waals surface area (Å²) in [5, 5.41) is 3.78. The zero-order chi connectivity index (χ0) is 15.4. The van der Waals surface area contributed by atoms with Crippen molar-refractivity contribution in [3.05, 3.63) is 30.0 Å². The summed E-state index contributed by atoms with van der Waals surface area (Å²) in [5.41, 5.74) is 2.66. The Kier molecular flexibility index (Phi) is 4.62. The minimum absolute atomic E-state index is 0.276. The van der Waals surface area contributed by atoms with Crippen LogP contribution in [0.25, 0.3) is 10.9 Å². The minimum atomic E-state index is -0.786.